The predicted molar refractivity (Wildman–Crippen MR) is 141 cm³/mol. The minimum atomic E-state index is -0.296. The van der Waals surface area contributed by atoms with Gasteiger partial charge in [-0.1, -0.05) is 77.4 Å². The van der Waals surface area contributed by atoms with Crippen molar-refractivity contribution in [2.45, 2.75) is 66.2 Å². The third-order valence-corrected chi connectivity index (χ3v) is 6.00. The highest BCUT2D eigenvalue weighted by Gasteiger charge is 2.11. The van der Waals surface area contributed by atoms with Crippen molar-refractivity contribution >= 4 is 11.0 Å². The van der Waals surface area contributed by atoms with Crippen molar-refractivity contribution in [3.8, 4) is 0 Å². The SMILES string of the molecule is CC(C)=CCC/C(C)=C\CC/C(C)=C\Cc1c(Cc2ccccc2)ccc2ccc(=O)oc12. The fraction of sp³-hybridized carbons (Fsp3) is 0.323. The topological polar surface area (TPSA) is 30.2 Å². The highest BCUT2D eigenvalue weighted by atomic mass is 16.4. The minimum absolute atomic E-state index is 0.296. The first-order valence-electron chi connectivity index (χ1n) is 12.0. The molecular formula is C31H36O2. The molecule has 0 bridgehead atoms. The van der Waals surface area contributed by atoms with Crippen LogP contribution in [0.3, 0.4) is 0 Å². The van der Waals surface area contributed by atoms with Crippen molar-refractivity contribution in [1.82, 2.24) is 0 Å². The number of hydrogen-bond donors (Lipinski definition) is 0. The van der Waals surface area contributed by atoms with Crippen LogP contribution in [0.25, 0.3) is 11.0 Å². The standard InChI is InChI=1S/C31H36O2/c1-23(2)10-8-11-24(3)12-9-13-25(4)16-20-29-28(22-26-14-6-5-7-15-26)18-17-27-19-21-30(32)33-31(27)29/h5-7,10,12,14-19,21H,8-9,11,13,20,22H2,1-4H3/b24-12-,25-16-. The summed E-state index contributed by atoms with van der Waals surface area (Å²) >= 11 is 0. The smallest absolute Gasteiger partial charge is 0.336 e. The van der Waals surface area contributed by atoms with Crippen molar-refractivity contribution in [2.75, 3.05) is 0 Å². The van der Waals surface area contributed by atoms with Crippen molar-refractivity contribution in [2.24, 2.45) is 0 Å². The van der Waals surface area contributed by atoms with Gasteiger partial charge < -0.3 is 4.42 Å². The van der Waals surface area contributed by atoms with E-state index in [0.717, 1.165) is 55.1 Å². The first-order valence-corrected chi connectivity index (χ1v) is 12.0. The summed E-state index contributed by atoms with van der Waals surface area (Å²) < 4.78 is 5.67. The quantitative estimate of drug-likeness (QED) is 0.234. The van der Waals surface area contributed by atoms with Gasteiger partial charge in [-0.2, -0.15) is 0 Å². The molecule has 0 aliphatic carbocycles. The zero-order valence-corrected chi connectivity index (χ0v) is 20.5. The zero-order chi connectivity index (χ0) is 23.6. The van der Waals surface area contributed by atoms with E-state index < -0.39 is 0 Å². The van der Waals surface area contributed by atoms with Crippen LogP contribution in [0.15, 0.2) is 98.8 Å². The number of hydrogen-bond acceptors (Lipinski definition) is 2. The molecule has 0 fully saturated rings. The van der Waals surface area contributed by atoms with Crippen LogP contribution in [0.1, 0.15) is 70.1 Å². The summed E-state index contributed by atoms with van der Waals surface area (Å²) in [6, 6.07) is 18.0. The molecule has 0 amide bonds. The van der Waals surface area contributed by atoms with Gasteiger partial charge in [0.15, 0.2) is 0 Å². The molecular weight excluding hydrogens is 404 g/mol. The van der Waals surface area contributed by atoms with Crippen molar-refractivity contribution in [3.05, 3.63) is 117 Å². The maximum atomic E-state index is 12.0. The van der Waals surface area contributed by atoms with E-state index >= 15 is 0 Å². The molecule has 172 valence electrons. The van der Waals surface area contributed by atoms with E-state index in [4.69, 9.17) is 4.42 Å². The highest BCUT2D eigenvalue weighted by Crippen LogP contribution is 2.25. The molecule has 1 aromatic heterocycles. The maximum Gasteiger partial charge on any atom is 0.336 e. The molecule has 0 N–H and O–H groups in total. The van der Waals surface area contributed by atoms with E-state index in [0.29, 0.717) is 0 Å². The Morgan fingerprint density at radius 3 is 2.18 bits per heavy atom. The summed E-state index contributed by atoms with van der Waals surface area (Å²) in [6.45, 7) is 8.73. The van der Waals surface area contributed by atoms with Gasteiger partial charge in [0.25, 0.3) is 0 Å². The van der Waals surface area contributed by atoms with Gasteiger partial charge in [-0.05, 0) is 83.4 Å². The lowest BCUT2D eigenvalue weighted by Crippen LogP contribution is -2.01. The second-order valence-electron chi connectivity index (χ2n) is 9.20. The van der Waals surface area contributed by atoms with E-state index in [1.165, 1.54) is 33.9 Å². The van der Waals surface area contributed by atoms with Crippen molar-refractivity contribution in [3.63, 3.8) is 0 Å². The molecule has 2 heteroatoms. The van der Waals surface area contributed by atoms with Gasteiger partial charge in [-0.3, -0.25) is 0 Å². The van der Waals surface area contributed by atoms with Crippen LogP contribution in [0.4, 0.5) is 0 Å². The lowest BCUT2D eigenvalue weighted by molar-refractivity contribution is 0.557. The van der Waals surface area contributed by atoms with Gasteiger partial charge >= 0.3 is 5.63 Å². The molecule has 2 aromatic carbocycles. The van der Waals surface area contributed by atoms with Crippen LogP contribution in [-0.2, 0) is 12.8 Å². The average Bonchev–Trinajstić information content (AvgIpc) is 2.78. The van der Waals surface area contributed by atoms with Crippen LogP contribution in [0, 0.1) is 0 Å². The summed E-state index contributed by atoms with van der Waals surface area (Å²) in [5, 5.41) is 0.974. The monoisotopic (exact) mass is 440 g/mol. The Morgan fingerprint density at radius 2 is 1.45 bits per heavy atom. The Labute approximate surface area is 198 Å². The fourth-order valence-electron chi connectivity index (χ4n) is 4.05. The Morgan fingerprint density at radius 1 is 0.788 bits per heavy atom. The summed E-state index contributed by atoms with van der Waals surface area (Å²) in [5.74, 6) is 0. The van der Waals surface area contributed by atoms with Gasteiger partial charge in [0.2, 0.25) is 0 Å². The summed E-state index contributed by atoms with van der Waals surface area (Å²) in [7, 11) is 0. The molecule has 0 aliphatic rings. The molecule has 3 aromatic rings. The van der Waals surface area contributed by atoms with E-state index in [2.05, 4.69) is 82.3 Å². The van der Waals surface area contributed by atoms with Crippen LogP contribution in [0.2, 0.25) is 0 Å². The molecule has 0 aliphatic heterocycles. The van der Waals surface area contributed by atoms with Gasteiger partial charge in [-0.25, -0.2) is 4.79 Å². The Hall–Kier alpha value is -3.13. The summed E-state index contributed by atoms with van der Waals surface area (Å²) in [5.41, 5.74) is 8.21. The number of rotatable bonds is 10. The third kappa shape index (κ3) is 7.75. The molecule has 33 heavy (non-hydrogen) atoms. The van der Waals surface area contributed by atoms with Gasteiger partial charge in [0.1, 0.15) is 5.58 Å². The largest absolute Gasteiger partial charge is 0.422 e. The van der Waals surface area contributed by atoms with Gasteiger partial charge in [0.05, 0.1) is 0 Å². The highest BCUT2D eigenvalue weighted by molar-refractivity contribution is 5.81. The average molecular weight is 441 g/mol. The van der Waals surface area contributed by atoms with E-state index in [1.54, 1.807) is 0 Å². The van der Waals surface area contributed by atoms with Gasteiger partial charge in [-0.15, -0.1) is 0 Å². The Balaban J connectivity index is 1.75. The second kappa shape index (κ2) is 12.2. The van der Waals surface area contributed by atoms with Crippen LogP contribution in [0.5, 0.6) is 0 Å². The first-order chi connectivity index (χ1) is 15.9. The summed E-state index contributed by atoms with van der Waals surface area (Å²) in [4.78, 5) is 12.0. The van der Waals surface area contributed by atoms with E-state index in [-0.39, 0.29) is 5.63 Å². The van der Waals surface area contributed by atoms with E-state index in [9.17, 15) is 4.79 Å². The molecule has 0 saturated heterocycles. The molecule has 0 atom stereocenters. The minimum Gasteiger partial charge on any atom is -0.422 e. The van der Waals surface area contributed by atoms with E-state index in [1.807, 2.05) is 12.1 Å². The Kier molecular flexibility index (Phi) is 9.06. The molecule has 1 heterocycles. The van der Waals surface area contributed by atoms with Crippen molar-refractivity contribution < 1.29 is 4.42 Å². The number of fused-ring (bicyclic) bond motifs is 1. The molecule has 3 rings (SSSR count). The number of allylic oxidation sites excluding steroid dienone is 6. The molecule has 0 spiro atoms. The van der Waals surface area contributed by atoms with Crippen LogP contribution >= 0.6 is 0 Å². The first kappa shape index (κ1) is 24.5. The van der Waals surface area contributed by atoms with Crippen molar-refractivity contribution in [1.29, 1.82) is 0 Å². The lowest BCUT2D eigenvalue weighted by atomic mass is 9.94. The maximum absolute atomic E-state index is 12.0. The lowest BCUT2D eigenvalue weighted by Gasteiger charge is -2.11. The van der Waals surface area contributed by atoms with Gasteiger partial charge in [0, 0.05) is 17.0 Å². The summed E-state index contributed by atoms with van der Waals surface area (Å²) in [6.07, 6.45) is 12.9. The third-order valence-electron chi connectivity index (χ3n) is 6.00. The molecule has 2 nitrogen and oxygen atoms in total. The molecule has 0 radical (unpaired) electrons. The van der Waals surface area contributed by atoms with Crippen LogP contribution < -0.4 is 5.63 Å². The molecule has 0 saturated carbocycles. The second-order valence-corrected chi connectivity index (χ2v) is 9.20. The zero-order valence-electron chi connectivity index (χ0n) is 20.5. The molecule has 0 unspecified atom stereocenters. The van der Waals surface area contributed by atoms with Crippen LogP contribution in [-0.4, -0.2) is 0 Å². The predicted octanol–water partition coefficient (Wildman–Crippen LogP) is 8.35. The Bertz CT molecular complexity index is 1200. The normalized spacial score (nSPS) is 12.2. The number of benzene rings is 2. The fourth-order valence-corrected chi connectivity index (χ4v) is 4.05.